The molecular formula is C9H14N2. The largest absolute Gasteiger partial charge is 0.384 e. The van der Waals surface area contributed by atoms with Gasteiger partial charge in [0, 0.05) is 12.6 Å². The first-order chi connectivity index (χ1) is 5.47. The molecule has 2 nitrogen and oxygen atoms in total. The molecule has 2 unspecified atom stereocenters. The normalized spacial score (nSPS) is 35.6. The van der Waals surface area contributed by atoms with Gasteiger partial charge in [0.2, 0.25) is 0 Å². The fourth-order valence-electron chi connectivity index (χ4n) is 1.74. The summed E-state index contributed by atoms with van der Waals surface area (Å²) in [4.78, 5) is 0. The minimum Gasteiger partial charge on any atom is -0.384 e. The third-order valence-corrected chi connectivity index (χ3v) is 2.42. The summed E-state index contributed by atoms with van der Waals surface area (Å²) in [5, 5.41) is 6.73. The zero-order valence-corrected chi connectivity index (χ0v) is 6.59. The molecule has 2 rings (SSSR count). The highest BCUT2D eigenvalue weighted by molar-refractivity contribution is 5.13. The molecule has 60 valence electrons. The second-order valence-electron chi connectivity index (χ2n) is 3.19. The molecule has 0 aromatic carbocycles. The van der Waals surface area contributed by atoms with Gasteiger partial charge in [-0.05, 0) is 31.2 Å². The second-order valence-corrected chi connectivity index (χ2v) is 3.19. The van der Waals surface area contributed by atoms with Crippen LogP contribution in [-0.2, 0) is 0 Å². The first-order valence-corrected chi connectivity index (χ1v) is 4.27. The van der Waals surface area contributed by atoms with Crippen molar-refractivity contribution in [2.45, 2.75) is 12.5 Å². The fraction of sp³-hybridized carbons (Fsp3) is 0.556. The maximum Gasteiger partial charge on any atom is 0.0482 e. The molecule has 0 amide bonds. The van der Waals surface area contributed by atoms with Gasteiger partial charge in [-0.25, -0.2) is 0 Å². The van der Waals surface area contributed by atoms with Gasteiger partial charge in [-0.3, -0.25) is 0 Å². The number of nitrogens with one attached hydrogen (secondary N) is 2. The summed E-state index contributed by atoms with van der Waals surface area (Å²) in [6, 6.07) is 0.565. The Hall–Kier alpha value is -0.760. The molecule has 2 atom stereocenters. The summed E-state index contributed by atoms with van der Waals surface area (Å²) < 4.78 is 0. The quantitative estimate of drug-likeness (QED) is 0.573. The molecule has 0 aromatic rings. The van der Waals surface area contributed by atoms with Crippen LogP contribution in [0.2, 0.25) is 0 Å². The van der Waals surface area contributed by atoms with Crippen LogP contribution >= 0.6 is 0 Å². The Morgan fingerprint density at radius 3 is 2.91 bits per heavy atom. The number of hydrogen-bond donors (Lipinski definition) is 2. The van der Waals surface area contributed by atoms with E-state index in [1.807, 2.05) is 12.3 Å². The summed E-state index contributed by atoms with van der Waals surface area (Å²) in [6.07, 6.45) is 9.74. The van der Waals surface area contributed by atoms with Gasteiger partial charge < -0.3 is 10.6 Å². The SMILES string of the molecule is C1=CNC(C2CCNC2)C=C1. The molecule has 0 aliphatic carbocycles. The summed E-state index contributed by atoms with van der Waals surface area (Å²) >= 11 is 0. The highest BCUT2D eigenvalue weighted by atomic mass is 15.0. The van der Waals surface area contributed by atoms with Gasteiger partial charge in [0.1, 0.15) is 0 Å². The number of hydrogen-bond acceptors (Lipinski definition) is 2. The van der Waals surface area contributed by atoms with Crippen LogP contribution < -0.4 is 10.6 Å². The van der Waals surface area contributed by atoms with E-state index in [9.17, 15) is 0 Å². The van der Waals surface area contributed by atoms with Crippen LogP contribution in [0.1, 0.15) is 6.42 Å². The van der Waals surface area contributed by atoms with Crippen molar-refractivity contribution in [3.05, 3.63) is 24.4 Å². The van der Waals surface area contributed by atoms with Crippen molar-refractivity contribution in [3.8, 4) is 0 Å². The Labute approximate surface area is 67.4 Å². The smallest absolute Gasteiger partial charge is 0.0482 e. The molecule has 1 saturated heterocycles. The highest BCUT2D eigenvalue weighted by Crippen LogP contribution is 2.15. The maximum atomic E-state index is 3.37. The number of allylic oxidation sites excluding steroid dienone is 2. The lowest BCUT2D eigenvalue weighted by molar-refractivity contribution is 0.471. The topological polar surface area (TPSA) is 24.1 Å². The van der Waals surface area contributed by atoms with E-state index < -0.39 is 0 Å². The Balaban J connectivity index is 1.94. The van der Waals surface area contributed by atoms with Crippen LogP contribution in [0, 0.1) is 5.92 Å². The van der Waals surface area contributed by atoms with Crippen molar-refractivity contribution in [1.29, 1.82) is 0 Å². The van der Waals surface area contributed by atoms with E-state index in [1.165, 1.54) is 13.0 Å². The van der Waals surface area contributed by atoms with E-state index in [0.717, 1.165) is 12.5 Å². The predicted octanol–water partition coefficient (Wildman–Crippen LogP) is 0.638. The first kappa shape index (κ1) is 6.92. The minimum absolute atomic E-state index is 0.565. The van der Waals surface area contributed by atoms with Gasteiger partial charge >= 0.3 is 0 Å². The van der Waals surface area contributed by atoms with Crippen LogP contribution in [0.15, 0.2) is 24.4 Å². The van der Waals surface area contributed by atoms with Crippen LogP contribution in [-0.4, -0.2) is 19.1 Å². The molecule has 2 heteroatoms. The van der Waals surface area contributed by atoms with Gasteiger partial charge in [0.05, 0.1) is 0 Å². The summed E-state index contributed by atoms with van der Waals surface area (Å²) in [5.74, 6) is 0.788. The van der Waals surface area contributed by atoms with Gasteiger partial charge in [0.15, 0.2) is 0 Å². The molecule has 2 aliphatic heterocycles. The molecule has 0 aromatic heterocycles. The molecule has 2 heterocycles. The van der Waals surface area contributed by atoms with Crippen molar-refractivity contribution < 1.29 is 0 Å². The van der Waals surface area contributed by atoms with Gasteiger partial charge in [-0.1, -0.05) is 12.2 Å². The zero-order valence-electron chi connectivity index (χ0n) is 6.59. The Morgan fingerprint density at radius 2 is 2.27 bits per heavy atom. The molecule has 2 aliphatic rings. The number of dihydropyridines is 1. The monoisotopic (exact) mass is 150 g/mol. The molecule has 0 spiro atoms. The Morgan fingerprint density at radius 1 is 1.27 bits per heavy atom. The fourth-order valence-corrected chi connectivity index (χ4v) is 1.74. The molecule has 1 fully saturated rings. The lowest BCUT2D eigenvalue weighted by atomic mass is 9.98. The molecule has 0 radical (unpaired) electrons. The summed E-state index contributed by atoms with van der Waals surface area (Å²) in [5.41, 5.74) is 0. The molecular weight excluding hydrogens is 136 g/mol. The van der Waals surface area contributed by atoms with Crippen LogP contribution in [0.25, 0.3) is 0 Å². The van der Waals surface area contributed by atoms with Crippen molar-refractivity contribution in [2.24, 2.45) is 5.92 Å². The zero-order chi connectivity index (χ0) is 7.52. The third kappa shape index (κ3) is 1.46. The second kappa shape index (κ2) is 3.09. The maximum absolute atomic E-state index is 3.37. The molecule has 0 bridgehead atoms. The van der Waals surface area contributed by atoms with E-state index in [4.69, 9.17) is 0 Å². The first-order valence-electron chi connectivity index (χ1n) is 4.27. The van der Waals surface area contributed by atoms with Crippen molar-refractivity contribution >= 4 is 0 Å². The van der Waals surface area contributed by atoms with Crippen molar-refractivity contribution in [1.82, 2.24) is 10.6 Å². The van der Waals surface area contributed by atoms with E-state index in [2.05, 4.69) is 22.8 Å². The van der Waals surface area contributed by atoms with Crippen LogP contribution in [0.4, 0.5) is 0 Å². The van der Waals surface area contributed by atoms with Crippen LogP contribution in [0.5, 0.6) is 0 Å². The standard InChI is InChI=1S/C9H14N2/c1-2-5-11-9(3-1)8-4-6-10-7-8/h1-3,5,8-11H,4,6-7H2. The molecule has 2 N–H and O–H groups in total. The predicted molar refractivity (Wildman–Crippen MR) is 46.2 cm³/mol. The van der Waals surface area contributed by atoms with Crippen molar-refractivity contribution in [3.63, 3.8) is 0 Å². The Bertz CT molecular complexity index is 178. The van der Waals surface area contributed by atoms with Crippen molar-refractivity contribution in [2.75, 3.05) is 13.1 Å². The Kier molecular flexibility index (Phi) is 1.95. The lowest BCUT2D eigenvalue weighted by Crippen LogP contribution is -2.33. The average Bonchev–Trinajstić information content (AvgIpc) is 2.58. The van der Waals surface area contributed by atoms with E-state index in [-0.39, 0.29) is 0 Å². The van der Waals surface area contributed by atoms with Gasteiger partial charge in [0.25, 0.3) is 0 Å². The highest BCUT2D eigenvalue weighted by Gasteiger charge is 2.21. The van der Waals surface area contributed by atoms with Crippen LogP contribution in [0.3, 0.4) is 0 Å². The summed E-state index contributed by atoms with van der Waals surface area (Å²) in [6.45, 7) is 2.34. The minimum atomic E-state index is 0.565. The van der Waals surface area contributed by atoms with E-state index >= 15 is 0 Å². The summed E-state index contributed by atoms with van der Waals surface area (Å²) in [7, 11) is 0. The lowest BCUT2D eigenvalue weighted by Gasteiger charge is -2.21. The van der Waals surface area contributed by atoms with Gasteiger partial charge in [-0.15, -0.1) is 0 Å². The van der Waals surface area contributed by atoms with Gasteiger partial charge in [-0.2, -0.15) is 0 Å². The molecule has 0 saturated carbocycles. The third-order valence-electron chi connectivity index (χ3n) is 2.42. The number of rotatable bonds is 1. The van der Waals surface area contributed by atoms with E-state index in [1.54, 1.807) is 0 Å². The molecule has 11 heavy (non-hydrogen) atoms. The van der Waals surface area contributed by atoms with E-state index in [0.29, 0.717) is 6.04 Å². The average molecular weight is 150 g/mol.